The maximum Gasteiger partial charge on any atom is 0.310 e. The molecule has 0 aromatic rings. The Morgan fingerprint density at radius 2 is 2.06 bits per heavy atom. The van der Waals surface area contributed by atoms with Gasteiger partial charge in [0, 0.05) is 19.0 Å². The van der Waals surface area contributed by atoms with Gasteiger partial charge in [-0.05, 0) is 18.8 Å². The van der Waals surface area contributed by atoms with Crippen molar-refractivity contribution in [2.75, 3.05) is 13.7 Å². The first kappa shape index (κ1) is 12.4. The number of likely N-dealkylation sites (tertiary alicyclic amines) is 1. The molecule has 3 atom stereocenters. The molecule has 0 aromatic heterocycles. The van der Waals surface area contributed by atoms with Crippen LogP contribution < -0.4 is 0 Å². The molecule has 0 aromatic carbocycles. The van der Waals surface area contributed by atoms with Crippen LogP contribution in [-0.2, 0) is 14.3 Å². The van der Waals surface area contributed by atoms with Crippen LogP contribution in [0.3, 0.4) is 0 Å². The fourth-order valence-electron chi connectivity index (χ4n) is 3.14. The smallest absolute Gasteiger partial charge is 0.310 e. The quantitative estimate of drug-likeness (QED) is 0.687. The van der Waals surface area contributed by atoms with Crippen LogP contribution in [0.25, 0.3) is 0 Å². The minimum Gasteiger partial charge on any atom is -0.469 e. The van der Waals surface area contributed by atoms with Crippen LogP contribution in [0.4, 0.5) is 0 Å². The number of carbonyl (C=O) groups is 2. The van der Waals surface area contributed by atoms with Crippen molar-refractivity contribution < 1.29 is 14.3 Å². The van der Waals surface area contributed by atoms with Crippen LogP contribution in [0, 0.1) is 11.8 Å². The van der Waals surface area contributed by atoms with Crippen molar-refractivity contribution in [3.63, 3.8) is 0 Å². The summed E-state index contributed by atoms with van der Waals surface area (Å²) in [6.45, 7) is 2.77. The van der Waals surface area contributed by atoms with E-state index in [4.69, 9.17) is 4.74 Å². The Morgan fingerprint density at radius 3 is 2.71 bits per heavy atom. The Bertz CT molecular complexity index is 316. The Balaban J connectivity index is 2.02. The lowest BCUT2D eigenvalue weighted by atomic mass is 9.85. The Morgan fingerprint density at radius 1 is 1.35 bits per heavy atom. The summed E-state index contributed by atoms with van der Waals surface area (Å²) < 4.78 is 4.73. The van der Waals surface area contributed by atoms with E-state index in [0.717, 1.165) is 6.42 Å². The highest BCUT2D eigenvalue weighted by molar-refractivity contribution is 5.87. The van der Waals surface area contributed by atoms with Crippen LogP contribution in [-0.4, -0.2) is 36.5 Å². The highest BCUT2D eigenvalue weighted by atomic mass is 16.5. The predicted octanol–water partition coefficient (Wildman–Crippen LogP) is 1.59. The van der Waals surface area contributed by atoms with Gasteiger partial charge in [-0.2, -0.15) is 0 Å². The van der Waals surface area contributed by atoms with Gasteiger partial charge in [-0.25, -0.2) is 0 Å². The van der Waals surface area contributed by atoms with Crippen LogP contribution >= 0.6 is 0 Å². The molecule has 2 aliphatic rings. The van der Waals surface area contributed by atoms with Crippen molar-refractivity contribution >= 4 is 11.9 Å². The van der Waals surface area contributed by atoms with Crippen LogP contribution in [0.5, 0.6) is 0 Å². The van der Waals surface area contributed by atoms with Gasteiger partial charge in [-0.3, -0.25) is 9.59 Å². The number of nitrogens with zero attached hydrogens (tertiary/aromatic N) is 1. The molecule has 2 rings (SSSR count). The van der Waals surface area contributed by atoms with Crippen molar-refractivity contribution in [3.05, 3.63) is 0 Å². The summed E-state index contributed by atoms with van der Waals surface area (Å²) >= 11 is 0. The molecule has 1 aliphatic carbocycles. The Labute approximate surface area is 102 Å². The number of esters is 1. The van der Waals surface area contributed by atoms with Gasteiger partial charge in [0.2, 0.25) is 5.91 Å². The molecule has 3 unspecified atom stereocenters. The molecule has 0 N–H and O–H groups in total. The summed E-state index contributed by atoms with van der Waals surface area (Å²) in [6.07, 6.45) is 5.07. The summed E-state index contributed by atoms with van der Waals surface area (Å²) in [6, 6.07) is 0.339. The van der Waals surface area contributed by atoms with E-state index in [1.807, 2.05) is 4.90 Å². The molecular weight excluding hydrogens is 218 g/mol. The van der Waals surface area contributed by atoms with E-state index >= 15 is 0 Å². The molecule has 4 heteroatoms. The van der Waals surface area contributed by atoms with Gasteiger partial charge in [0.15, 0.2) is 0 Å². The SMILES string of the molecule is COC(=O)C1CC(=O)N(C2CCCCC2C)C1. The first-order valence-electron chi connectivity index (χ1n) is 6.50. The fraction of sp³-hybridized carbons (Fsp3) is 0.846. The van der Waals surface area contributed by atoms with E-state index in [2.05, 4.69) is 6.92 Å². The largest absolute Gasteiger partial charge is 0.469 e. The fourth-order valence-corrected chi connectivity index (χ4v) is 3.14. The lowest BCUT2D eigenvalue weighted by molar-refractivity contribution is -0.145. The third-order valence-corrected chi connectivity index (χ3v) is 4.16. The van der Waals surface area contributed by atoms with Gasteiger partial charge in [-0.1, -0.05) is 19.8 Å². The van der Waals surface area contributed by atoms with Gasteiger partial charge in [0.05, 0.1) is 13.0 Å². The second-order valence-corrected chi connectivity index (χ2v) is 5.30. The number of rotatable bonds is 2. The van der Waals surface area contributed by atoms with E-state index in [9.17, 15) is 9.59 Å². The topological polar surface area (TPSA) is 46.6 Å². The highest BCUT2D eigenvalue weighted by Crippen LogP contribution is 2.32. The predicted molar refractivity (Wildman–Crippen MR) is 63.3 cm³/mol. The number of amides is 1. The maximum absolute atomic E-state index is 12.0. The molecule has 96 valence electrons. The first-order valence-corrected chi connectivity index (χ1v) is 6.50. The van der Waals surface area contributed by atoms with Gasteiger partial charge < -0.3 is 9.64 Å². The summed E-state index contributed by atoms with van der Waals surface area (Å²) in [5.41, 5.74) is 0. The highest BCUT2D eigenvalue weighted by Gasteiger charge is 2.40. The van der Waals surface area contributed by atoms with E-state index < -0.39 is 0 Å². The second kappa shape index (κ2) is 5.07. The van der Waals surface area contributed by atoms with Crippen molar-refractivity contribution in [2.45, 2.75) is 45.1 Å². The number of methoxy groups -OCH3 is 1. The lowest BCUT2D eigenvalue weighted by Gasteiger charge is -2.36. The summed E-state index contributed by atoms with van der Waals surface area (Å²) in [7, 11) is 1.39. The van der Waals surface area contributed by atoms with Crippen molar-refractivity contribution in [1.82, 2.24) is 4.90 Å². The molecule has 1 aliphatic heterocycles. The summed E-state index contributed by atoms with van der Waals surface area (Å²) in [4.78, 5) is 25.4. The average molecular weight is 239 g/mol. The summed E-state index contributed by atoms with van der Waals surface area (Å²) in [5, 5.41) is 0. The molecule has 1 heterocycles. The van der Waals surface area contributed by atoms with Gasteiger partial charge >= 0.3 is 5.97 Å². The van der Waals surface area contributed by atoms with Gasteiger partial charge in [0.25, 0.3) is 0 Å². The summed E-state index contributed by atoms with van der Waals surface area (Å²) in [5.74, 6) is 0.189. The number of carbonyl (C=O) groups excluding carboxylic acids is 2. The monoisotopic (exact) mass is 239 g/mol. The minimum atomic E-state index is -0.248. The number of hydrogen-bond acceptors (Lipinski definition) is 3. The average Bonchev–Trinajstić information content (AvgIpc) is 2.71. The Hall–Kier alpha value is -1.06. The molecule has 0 spiro atoms. The number of hydrogen-bond donors (Lipinski definition) is 0. The molecule has 1 saturated heterocycles. The van der Waals surface area contributed by atoms with Crippen molar-refractivity contribution in [3.8, 4) is 0 Å². The third-order valence-electron chi connectivity index (χ3n) is 4.16. The van der Waals surface area contributed by atoms with E-state index in [-0.39, 0.29) is 17.8 Å². The van der Waals surface area contributed by atoms with Crippen LogP contribution in [0.15, 0.2) is 0 Å². The van der Waals surface area contributed by atoms with Gasteiger partial charge in [-0.15, -0.1) is 0 Å². The zero-order valence-electron chi connectivity index (χ0n) is 10.6. The molecule has 4 nitrogen and oxygen atoms in total. The number of ether oxygens (including phenoxy) is 1. The Kier molecular flexibility index (Phi) is 3.69. The van der Waals surface area contributed by atoms with E-state index in [0.29, 0.717) is 24.9 Å². The third kappa shape index (κ3) is 2.45. The van der Waals surface area contributed by atoms with Crippen molar-refractivity contribution in [2.24, 2.45) is 11.8 Å². The van der Waals surface area contributed by atoms with E-state index in [1.54, 1.807) is 0 Å². The molecule has 1 amide bonds. The molecule has 0 bridgehead atoms. The van der Waals surface area contributed by atoms with Crippen molar-refractivity contribution in [1.29, 1.82) is 0 Å². The molecule has 17 heavy (non-hydrogen) atoms. The minimum absolute atomic E-state index is 0.124. The second-order valence-electron chi connectivity index (χ2n) is 5.30. The zero-order chi connectivity index (χ0) is 12.4. The lowest BCUT2D eigenvalue weighted by Crippen LogP contribution is -2.42. The van der Waals surface area contributed by atoms with Crippen LogP contribution in [0.1, 0.15) is 39.0 Å². The molecular formula is C13H21NO3. The maximum atomic E-state index is 12.0. The normalized spacial score (nSPS) is 33.9. The molecule has 2 fully saturated rings. The van der Waals surface area contributed by atoms with Gasteiger partial charge in [0.1, 0.15) is 0 Å². The zero-order valence-corrected chi connectivity index (χ0v) is 10.6. The first-order chi connectivity index (χ1) is 8.13. The molecule has 0 radical (unpaired) electrons. The standard InChI is InChI=1S/C13H21NO3/c1-9-5-3-4-6-11(9)14-8-10(7-12(14)15)13(16)17-2/h9-11H,3-8H2,1-2H3. The van der Waals surface area contributed by atoms with E-state index in [1.165, 1.54) is 26.4 Å². The van der Waals surface area contributed by atoms with Crippen LogP contribution in [0.2, 0.25) is 0 Å². The molecule has 1 saturated carbocycles.